The van der Waals surface area contributed by atoms with E-state index in [-0.39, 0.29) is 5.56 Å². The summed E-state index contributed by atoms with van der Waals surface area (Å²) in [4.78, 5) is 40.9. The van der Waals surface area contributed by atoms with Crippen LogP contribution < -0.4 is 10.6 Å². The number of likely N-dealkylation sites (N-methyl/N-ethyl adjacent to an activating group) is 1. The van der Waals surface area contributed by atoms with Crippen molar-refractivity contribution in [3.63, 3.8) is 0 Å². The molecule has 0 bridgehead atoms. The molecule has 3 amide bonds. The zero-order valence-corrected chi connectivity index (χ0v) is 20.6. The highest BCUT2D eigenvalue weighted by atomic mass is 19.1. The van der Waals surface area contributed by atoms with Crippen LogP contribution in [0.15, 0.2) is 79.0 Å². The van der Waals surface area contributed by atoms with Crippen molar-refractivity contribution in [3.05, 3.63) is 102 Å². The first-order valence-electron chi connectivity index (χ1n) is 11.7. The molecule has 7 nitrogen and oxygen atoms in total. The molecule has 0 aliphatic carbocycles. The number of nitrogens with one attached hydrogen (secondary N) is 2. The summed E-state index contributed by atoms with van der Waals surface area (Å²) in [6.45, 7) is 2.55. The highest BCUT2D eigenvalue weighted by molar-refractivity contribution is 5.85. The third-order valence-electron chi connectivity index (χ3n) is 6.30. The second-order valence-electron chi connectivity index (χ2n) is 9.17. The number of imide groups is 1. The van der Waals surface area contributed by atoms with Gasteiger partial charge in [0.2, 0.25) is 6.41 Å². The van der Waals surface area contributed by atoms with Crippen LogP contribution in [0.4, 0.5) is 9.18 Å². The van der Waals surface area contributed by atoms with E-state index in [0.717, 1.165) is 27.6 Å². The van der Waals surface area contributed by atoms with Crippen LogP contribution in [0.3, 0.4) is 0 Å². The predicted octanol–water partition coefficient (Wildman–Crippen LogP) is 4.66. The van der Waals surface area contributed by atoms with Crippen molar-refractivity contribution >= 4 is 29.6 Å². The topological polar surface area (TPSA) is 91.4 Å². The molecule has 2 N–H and O–H groups in total. The Balaban J connectivity index is 1.60. The first-order valence-corrected chi connectivity index (χ1v) is 11.7. The van der Waals surface area contributed by atoms with Crippen LogP contribution in [0.2, 0.25) is 0 Å². The maximum absolute atomic E-state index is 13.6. The average Bonchev–Trinajstić information content (AvgIpc) is 2.89. The molecule has 0 fully saturated rings. The molecule has 1 atom stereocenters. The average molecular weight is 499 g/mol. The molecule has 3 aromatic carbocycles. The lowest BCUT2D eigenvalue weighted by Gasteiger charge is -2.35. The van der Waals surface area contributed by atoms with Gasteiger partial charge < -0.3 is 5.32 Å². The smallest absolute Gasteiger partial charge is 0.321 e. The third-order valence-corrected chi connectivity index (χ3v) is 6.30. The molecule has 0 unspecified atom stereocenters. The zero-order chi connectivity index (χ0) is 26.4. The van der Waals surface area contributed by atoms with Gasteiger partial charge in [0.25, 0.3) is 0 Å². The Kier molecular flexibility index (Phi) is 7.69. The maximum atomic E-state index is 13.6. The quantitative estimate of drug-likeness (QED) is 0.328. The first kappa shape index (κ1) is 25.7. The molecule has 8 heteroatoms. The largest absolute Gasteiger partial charge is 0.327 e. The SMILES string of the molecule is CN(Cc1ccc(F)cc1C=O)C[C@@](C)(NC(=O)NC=O)c1ccc(-c2ccc3ncccc3c2)cc1. The summed E-state index contributed by atoms with van der Waals surface area (Å²) in [7, 11) is 1.84. The summed E-state index contributed by atoms with van der Waals surface area (Å²) in [5.41, 5.74) is 3.83. The standard InChI is InChI=1S/C29H27FN4O3/c1-29(33-28(37)32-19-36,18-34(2)16-23-7-11-26(30)15-24(23)17-35)25-9-5-20(6-10-25)21-8-12-27-22(14-21)4-3-13-31-27/h3-15,17,19H,16,18H2,1-2H3,(H2,32,33,36,37)/t29-/m1/s1. The molecule has 37 heavy (non-hydrogen) atoms. The summed E-state index contributed by atoms with van der Waals surface area (Å²) in [5, 5.41) is 6.06. The van der Waals surface area contributed by atoms with Gasteiger partial charge >= 0.3 is 6.03 Å². The van der Waals surface area contributed by atoms with E-state index in [1.807, 2.05) is 67.4 Å². The van der Waals surface area contributed by atoms with E-state index in [4.69, 9.17) is 0 Å². The van der Waals surface area contributed by atoms with E-state index in [2.05, 4.69) is 21.7 Å². The summed E-state index contributed by atoms with van der Waals surface area (Å²) < 4.78 is 13.6. The maximum Gasteiger partial charge on any atom is 0.321 e. The molecule has 0 saturated heterocycles. The fourth-order valence-corrected chi connectivity index (χ4v) is 4.53. The molecular weight excluding hydrogens is 471 g/mol. The van der Waals surface area contributed by atoms with Gasteiger partial charge in [-0.2, -0.15) is 0 Å². The number of amides is 3. The van der Waals surface area contributed by atoms with Gasteiger partial charge in [0.1, 0.15) is 12.1 Å². The number of rotatable bonds is 9. The van der Waals surface area contributed by atoms with Gasteiger partial charge in [0.15, 0.2) is 0 Å². The van der Waals surface area contributed by atoms with Crippen molar-refractivity contribution in [2.45, 2.75) is 19.0 Å². The number of fused-ring (bicyclic) bond motifs is 1. The second-order valence-corrected chi connectivity index (χ2v) is 9.17. The van der Waals surface area contributed by atoms with Gasteiger partial charge in [0, 0.05) is 30.2 Å². The van der Waals surface area contributed by atoms with Crippen molar-refractivity contribution < 1.29 is 18.8 Å². The molecule has 0 radical (unpaired) electrons. The minimum absolute atomic E-state index is 0.273. The van der Waals surface area contributed by atoms with E-state index in [9.17, 15) is 18.8 Å². The lowest BCUT2D eigenvalue weighted by Crippen LogP contribution is -2.53. The monoisotopic (exact) mass is 498 g/mol. The number of carbonyl (C=O) groups excluding carboxylic acids is 3. The zero-order valence-electron chi connectivity index (χ0n) is 20.6. The van der Waals surface area contributed by atoms with Crippen LogP contribution in [0.5, 0.6) is 0 Å². The number of aromatic nitrogens is 1. The van der Waals surface area contributed by atoms with E-state index >= 15 is 0 Å². The summed E-state index contributed by atoms with van der Waals surface area (Å²) in [5.74, 6) is -0.478. The number of carbonyl (C=O) groups is 3. The number of pyridine rings is 1. The van der Waals surface area contributed by atoms with Crippen LogP contribution in [0.1, 0.15) is 28.4 Å². The fourth-order valence-electron chi connectivity index (χ4n) is 4.53. The van der Waals surface area contributed by atoms with Crippen molar-refractivity contribution in [1.82, 2.24) is 20.5 Å². The summed E-state index contributed by atoms with van der Waals surface area (Å²) >= 11 is 0. The molecule has 4 rings (SSSR count). The molecule has 1 aromatic heterocycles. The lowest BCUT2D eigenvalue weighted by atomic mass is 9.89. The number of urea groups is 1. The second kappa shape index (κ2) is 11.1. The molecule has 0 aliphatic rings. The molecular formula is C29H27FN4O3. The van der Waals surface area contributed by atoms with Crippen LogP contribution in [0, 0.1) is 5.82 Å². The van der Waals surface area contributed by atoms with Crippen LogP contribution >= 0.6 is 0 Å². The highest BCUT2D eigenvalue weighted by Gasteiger charge is 2.30. The molecule has 0 saturated carbocycles. The number of benzene rings is 3. The van der Waals surface area contributed by atoms with E-state index < -0.39 is 17.4 Å². The van der Waals surface area contributed by atoms with E-state index in [1.165, 1.54) is 12.1 Å². The van der Waals surface area contributed by atoms with Crippen LogP contribution in [-0.2, 0) is 16.9 Å². The van der Waals surface area contributed by atoms with E-state index in [1.54, 1.807) is 12.3 Å². The van der Waals surface area contributed by atoms with E-state index in [0.29, 0.717) is 31.3 Å². The van der Waals surface area contributed by atoms with Gasteiger partial charge in [0.05, 0.1) is 11.1 Å². The van der Waals surface area contributed by atoms with Gasteiger partial charge in [-0.25, -0.2) is 9.18 Å². The Morgan fingerprint density at radius 1 is 1.03 bits per heavy atom. The number of hydrogen-bond acceptors (Lipinski definition) is 5. The normalized spacial score (nSPS) is 12.6. The summed E-state index contributed by atoms with van der Waals surface area (Å²) in [6, 6.07) is 21.3. The molecule has 4 aromatic rings. The van der Waals surface area contributed by atoms with Gasteiger partial charge in [-0.05, 0) is 66.6 Å². The minimum atomic E-state index is -0.894. The Morgan fingerprint density at radius 3 is 2.51 bits per heavy atom. The minimum Gasteiger partial charge on any atom is -0.327 e. The Bertz CT molecular complexity index is 1440. The molecule has 1 heterocycles. The number of nitrogens with zero attached hydrogens (tertiary/aromatic N) is 2. The highest BCUT2D eigenvalue weighted by Crippen LogP contribution is 2.28. The summed E-state index contributed by atoms with van der Waals surface area (Å²) in [6.07, 6.45) is 2.72. The van der Waals surface area contributed by atoms with Crippen molar-refractivity contribution in [2.24, 2.45) is 0 Å². The predicted molar refractivity (Wildman–Crippen MR) is 140 cm³/mol. The van der Waals surface area contributed by atoms with Gasteiger partial charge in [-0.3, -0.25) is 24.8 Å². The van der Waals surface area contributed by atoms with Crippen molar-refractivity contribution in [1.29, 1.82) is 0 Å². The third kappa shape index (κ3) is 6.05. The van der Waals surface area contributed by atoms with Crippen molar-refractivity contribution in [2.75, 3.05) is 13.6 Å². The van der Waals surface area contributed by atoms with Gasteiger partial charge in [-0.15, -0.1) is 0 Å². The Labute approximate surface area is 214 Å². The fraction of sp³-hybridized carbons (Fsp3) is 0.172. The number of halogens is 1. The number of hydrogen-bond donors (Lipinski definition) is 2. The molecule has 188 valence electrons. The van der Waals surface area contributed by atoms with Crippen molar-refractivity contribution in [3.8, 4) is 11.1 Å². The first-order chi connectivity index (χ1) is 17.8. The molecule has 0 aliphatic heterocycles. The Hall–Kier alpha value is -4.43. The lowest BCUT2D eigenvalue weighted by molar-refractivity contribution is -0.108. The van der Waals surface area contributed by atoms with Gasteiger partial charge in [-0.1, -0.05) is 42.5 Å². The van der Waals surface area contributed by atoms with Crippen LogP contribution in [-0.4, -0.2) is 42.2 Å². The number of aldehydes is 1. The van der Waals surface area contributed by atoms with Crippen LogP contribution in [0.25, 0.3) is 22.0 Å². The molecule has 0 spiro atoms. The Morgan fingerprint density at radius 2 is 1.78 bits per heavy atom.